The van der Waals surface area contributed by atoms with Gasteiger partial charge in [-0.2, -0.15) is 4.98 Å². The highest BCUT2D eigenvalue weighted by Crippen LogP contribution is 2.23. The summed E-state index contributed by atoms with van der Waals surface area (Å²) in [6.07, 6.45) is 3.66. The van der Waals surface area contributed by atoms with Crippen molar-refractivity contribution in [1.82, 2.24) is 24.8 Å². The summed E-state index contributed by atoms with van der Waals surface area (Å²) < 4.78 is 6.02. The molecule has 1 N–H and O–H groups in total. The molecule has 124 valence electrons. The molecule has 1 aliphatic rings. The molecule has 7 heteroatoms. The Morgan fingerprint density at radius 1 is 1.48 bits per heavy atom. The fraction of sp³-hybridized carbons (Fsp3) is 0.625. The van der Waals surface area contributed by atoms with Crippen LogP contribution in [0.1, 0.15) is 39.4 Å². The molecular weight excluding hydrogens is 294 g/mol. The molecule has 23 heavy (non-hydrogen) atoms. The standard InChI is InChI=1S/C16H23N5O2/c1-4-13(22)21-6-5-11(8-21)23-16-14-15(17-9-18-16)20-12(19-14)7-10(2)3/h9-11H,4-8H2,1-3H3,(H,17,18,19,20). The third-order valence-electron chi connectivity index (χ3n) is 3.98. The molecule has 1 fully saturated rings. The van der Waals surface area contributed by atoms with Gasteiger partial charge in [-0.15, -0.1) is 0 Å². The first kappa shape index (κ1) is 15.7. The summed E-state index contributed by atoms with van der Waals surface area (Å²) in [5.74, 6) is 2.10. The molecule has 0 aliphatic carbocycles. The Bertz CT molecular complexity index is 697. The van der Waals surface area contributed by atoms with E-state index in [9.17, 15) is 4.79 Å². The van der Waals surface area contributed by atoms with Crippen molar-refractivity contribution in [2.24, 2.45) is 5.92 Å². The molecule has 0 radical (unpaired) electrons. The van der Waals surface area contributed by atoms with Crippen molar-refractivity contribution in [2.45, 2.75) is 46.1 Å². The highest BCUT2D eigenvalue weighted by molar-refractivity contribution is 5.76. The zero-order chi connectivity index (χ0) is 16.4. The van der Waals surface area contributed by atoms with Gasteiger partial charge in [-0.05, 0) is 5.92 Å². The van der Waals surface area contributed by atoms with E-state index in [-0.39, 0.29) is 12.0 Å². The molecule has 0 aromatic carbocycles. The summed E-state index contributed by atoms with van der Waals surface area (Å²) in [4.78, 5) is 29.8. The lowest BCUT2D eigenvalue weighted by molar-refractivity contribution is -0.130. The molecule has 0 spiro atoms. The third-order valence-corrected chi connectivity index (χ3v) is 3.98. The van der Waals surface area contributed by atoms with Crippen molar-refractivity contribution in [2.75, 3.05) is 13.1 Å². The van der Waals surface area contributed by atoms with Crippen LogP contribution in [-0.4, -0.2) is 49.9 Å². The van der Waals surface area contributed by atoms with Gasteiger partial charge >= 0.3 is 0 Å². The predicted octanol–water partition coefficient (Wildman–Crippen LogP) is 1.94. The highest BCUT2D eigenvalue weighted by Gasteiger charge is 2.27. The number of rotatable bonds is 5. The molecule has 2 aromatic rings. The number of hydrogen-bond acceptors (Lipinski definition) is 5. The summed E-state index contributed by atoms with van der Waals surface area (Å²) in [6, 6.07) is 0. The van der Waals surface area contributed by atoms with Crippen LogP contribution in [0.3, 0.4) is 0 Å². The van der Waals surface area contributed by atoms with Crippen molar-refractivity contribution in [3.8, 4) is 5.88 Å². The van der Waals surface area contributed by atoms with Gasteiger partial charge < -0.3 is 14.6 Å². The van der Waals surface area contributed by atoms with E-state index in [1.807, 2.05) is 11.8 Å². The fourth-order valence-electron chi connectivity index (χ4n) is 2.86. The zero-order valence-electron chi connectivity index (χ0n) is 13.9. The van der Waals surface area contributed by atoms with Crippen LogP contribution in [0.15, 0.2) is 6.33 Å². The first-order chi connectivity index (χ1) is 11.1. The number of imidazole rings is 1. The summed E-state index contributed by atoms with van der Waals surface area (Å²) in [5.41, 5.74) is 1.37. The van der Waals surface area contributed by atoms with Gasteiger partial charge in [-0.3, -0.25) is 4.79 Å². The molecule has 7 nitrogen and oxygen atoms in total. The Hall–Kier alpha value is -2.18. The smallest absolute Gasteiger partial charge is 0.243 e. The number of H-pyrrole nitrogens is 1. The SMILES string of the molecule is CCC(=O)N1CCC(Oc2ncnc3nc(CC(C)C)[nH]c23)C1. The summed E-state index contributed by atoms with van der Waals surface area (Å²) in [6.45, 7) is 7.53. The number of aromatic nitrogens is 4. The molecule has 2 aromatic heterocycles. The first-order valence-electron chi connectivity index (χ1n) is 8.20. The van der Waals surface area contributed by atoms with Gasteiger partial charge in [0.1, 0.15) is 23.8 Å². The van der Waals surface area contributed by atoms with Gasteiger partial charge in [-0.25, -0.2) is 9.97 Å². The van der Waals surface area contributed by atoms with Gasteiger partial charge in [0.05, 0.1) is 6.54 Å². The number of nitrogens with zero attached hydrogens (tertiary/aromatic N) is 4. The fourth-order valence-corrected chi connectivity index (χ4v) is 2.86. The Labute approximate surface area is 135 Å². The molecule has 1 saturated heterocycles. The molecule has 0 saturated carbocycles. The Morgan fingerprint density at radius 3 is 3.04 bits per heavy atom. The molecule has 1 amide bonds. The largest absolute Gasteiger partial charge is 0.471 e. The Morgan fingerprint density at radius 2 is 2.30 bits per heavy atom. The van der Waals surface area contributed by atoms with Crippen LogP contribution in [0, 0.1) is 5.92 Å². The third kappa shape index (κ3) is 3.43. The minimum atomic E-state index is -0.0274. The van der Waals surface area contributed by atoms with Crippen LogP contribution < -0.4 is 4.74 Å². The van der Waals surface area contributed by atoms with Crippen LogP contribution in [0.4, 0.5) is 0 Å². The van der Waals surface area contributed by atoms with Crippen molar-refractivity contribution in [1.29, 1.82) is 0 Å². The van der Waals surface area contributed by atoms with E-state index >= 15 is 0 Å². The number of carbonyl (C=O) groups is 1. The van der Waals surface area contributed by atoms with E-state index in [0.29, 0.717) is 30.4 Å². The van der Waals surface area contributed by atoms with Crippen LogP contribution in [0.25, 0.3) is 11.2 Å². The maximum Gasteiger partial charge on any atom is 0.243 e. The number of hydrogen-bond donors (Lipinski definition) is 1. The quantitative estimate of drug-likeness (QED) is 0.911. The molecule has 3 rings (SSSR count). The number of nitrogens with one attached hydrogen (secondary N) is 1. The van der Waals surface area contributed by atoms with Crippen molar-refractivity contribution >= 4 is 17.1 Å². The van der Waals surface area contributed by atoms with E-state index in [4.69, 9.17) is 4.74 Å². The summed E-state index contributed by atoms with van der Waals surface area (Å²) in [5, 5.41) is 0. The van der Waals surface area contributed by atoms with E-state index in [1.54, 1.807) is 0 Å². The minimum Gasteiger partial charge on any atom is -0.471 e. The Balaban J connectivity index is 1.75. The van der Waals surface area contributed by atoms with Crippen molar-refractivity contribution in [3.05, 3.63) is 12.2 Å². The summed E-state index contributed by atoms with van der Waals surface area (Å²) in [7, 11) is 0. The second-order valence-corrected chi connectivity index (χ2v) is 6.38. The maximum absolute atomic E-state index is 11.8. The van der Waals surface area contributed by atoms with Gasteiger partial charge in [0, 0.05) is 25.8 Å². The number of aromatic amines is 1. The van der Waals surface area contributed by atoms with E-state index < -0.39 is 0 Å². The van der Waals surface area contributed by atoms with E-state index in [1.165, 1.54) is 6.33 Å². The van der Waals surface area contributed by atoms with Gasteiger partial charge in [0.25, 0.3) is 0 Å². The number of fused-ring (bicyclic) bond motifs is 1. The van der Waals surface area contributed by atoms with Crippen molar-refractivity contribution in [3.63, 3.8) is 0 Å². The Kier molecular flexibility index (Phi) is 4.45. The van der Waals surface area contributed by atoms with E-state index in [0.717, 1.165) is 30.7 Å². The second kappa shape index (κ2) is 6.52. The lowest BCUT2D eigenvalue weighted by atomic mass is 10.1. The van der Waals surface area contributed by atoms with Gasteiger partial charge in [0.15, 0.2) is 5.65 Å². The maximum atomic E-state index is 11.8. The number of carbonyl (C=O) groups excluding carboxylic acids is 1. The molecular formula is C16H23N5O2. The van der Waals surface area contributed by atoms with Crippen LogP contribution in [0.2, 0.25) is 0 Å². The van der Waals surface area contributed by atoms with Gasteiger partial charge in [-0.1, -0.05) is 20.8 Å². The topological polar surface area (TPSA) is 84.0 Å². The lowest BCUT2D eigenvalue weighted by Gasteiger charge is -2.16. The molecule has 1 aliphatic heterocycles. The van der Waals surface area contributed by atoms with Crippen LogP contribution in [0.5, 0.6) is 5.88 Å². The van der Waals surface area contributed by atoms with E-state index in [2.05, 4.69) is 33.8 Å². The van der Waals surface area contributed by atoms with Crippen LogP contribution in [-0.2, 0) is 11.2 Å². The first-order valence-corrected chi connectivity index (χ1v) is 8.20. The summed E-state index contributed by atoms with van der Waals surface area (Å²) >= 11 is 0. The second-order valence-electron chi connectivity index (χ2n) is 6.38. The average Bonchev–Trinajstić information content (AvgIpc) is 3.12. The monoisotopic (exact) mass is 317 g/mol. The number of amides is 1. The number of ether oxygens (including phenoxy) is 1. The average molecular weight is 317 g/mol. The molecule has 3 heterocycles. The van der Waals surface area contributed by atoms with Gasteiger partial charge in [0.2, 0.25) is 11.8 Å². The highest BCUT2D eigenvalue weighted by atomic mass is 16.5. The predicted molar refractivity (Wildman–Crippen MR) is 86.1 cm³/mol. The molecule has 0 bridgehead atoms. The van der Waals surface area contributed by atoms with Crippen molar-refractivity contribution < 1.29 is 9.53 Å². The normalized spacial score (nSPS) is 18.1. The molecule has 1 atom stereocenters. The minimum absolute atomic E-state index is 0.0274. The molecule has 1 unspecified atom stereocenters. The zero-order valence-corrected chi connectivity index (χ0v) is 13.9. The lowest BCUT2D eigenvalue weighted by Crippen LogP contribution is -2.30. The number of likely N-dealkylation sites (tertiary alicyclic amines) is 1. The van der Waals surface area contributed by atoms with Crippen LogP contribution >= 0.6 is 0 Å².